The summed E-state index contributed by atoms with van der Waals surface area (Å²) in [6.07, 6.45) is 3.03. The summed E-state index contributed by atoms with van der Waals surface area (Å²) in [5.41, 5.74) is 5.92. The van der Waals surface area contributed by atoms with Crippen LogP contribution in [-0.4, -0.2) is 64.5 Å². The average Bonchev–Trinajstić information content (AvgIpc) is 2.98. The van der Waals surface area contributed by atoms with Crippen LogP contribution in [0.5, 0.6) is 0 Å². The number of nitrogens with zero attached hydrogens (tertiary/aromatic N) is 1. The average molecular weight is 681 g/mol. The van der Waals surface area contributed by atoms with Crippen molar-refractivity contribution in [2.75, 3.05) is 6.54 Å². The number of nitrogens with one attached hydrogen (secondary N) is 2. The van der Waals surface area contributed by atoms with Crippen molar-refractivity contribution >= 4 is 29.8 Å². The first-order chi connectivity index (χ1) is 22.9. The number of nitrogens with two attached hydrogens (primary N) is 1. The highest BCUT2D eigenvalue weighted by molar-refractivity contribution is 5.95. The Balaban J connectivity index is 2.65. The van der Waals surface area contributed by atoms with Gasteiger partial charge < -0.3 is 30.7 Å². The van der Waals surface area contributed by atoms with Gasteiger partial charge in [0.25, 0.3) is 0 Å². The number of hydrogen-bond donors (Lipinski definition) is 3. The topological polar surface area (TPSA) is 157 Å². The largest absolute Gasteiger partial charge is 0.458 e. The molecule has 0 bridgehead atoms. The lowest BCUT2D eigenvalue weighted by Gasteiger charge is -2.36. The SMILES string of the molecule is CCCCCCCN(C(=O)C(CC(N)=O)NC(=O)OC(C)(C)C)C(C(=O)NC(Cc1ccccc1)C(=O)OC(C)(C)C)c1ccccc1C. The van der Waals surface area contributed by atoms with Gasteiger partial charge in [0.2, 0.25) is 17.7 Å². The molecule has 2 aromatic rings. The Bertz CT molecular complexity index is 1400. The lowest BCUT2D eigenvalue weighted by molar-refractivity contribution is -0.159. The van der Waals surface area contributed by atoms with Crippen LogP contribution in [0.2, 0.25) is 0 Å². The molecule has 0 fully saturated rings. The summed E-state index contributed by atoms with van der Waals surface area (Å²) < 4.78 is 11.1. The molecule has 2 rings (SSSR count). The standard InChI is InChI=1S/C38H56N4O7/c1-9-10-11-12-18-23-42(34(45)29(25-31(39)43)41-36(47)49-38(6,7)8)32(28-22-17-16-19-26(28)2)33(44)40-30(35(46)48-37(3,4)5)24-27-20-14-13-15-21-27/h13-17,19-22,29-30,32H,9-12,18,23-25H2,1-8H3,(H2,39,43)(H,40,44)(H,41,47). The molecule has 3 atom stereocenters. The molecule has 2 aromatic carbocycles. The fraction of sp³-hybridized carbons (Fsp3) is 0.553. The number of esters is 1. The van der Waals surface area contributed by atoms with Gasteiger partial charge in [0.05, 0.1) is 6.42 Å². The summed E-state index contributed by atoms with van der Waals surface area (Å²) in [7, 11) is 0. The second-order valence-corrected chi connectivity index (χ2v) is 14.4. The molecular formula is C38H56N4O7. The highest BCUT2D eigenvalue weighted by Gasteiger charge is 2.39. The lowest BCUT2D eigenvalue weighted by Crippen LogP contribution is -2.56. The Morgan fingerprint density at radius 1 is 0.776 bits per heavy atom. The number of primary amides is 1. The van der Waals surface area contributed by atoms with Crippen LogP contribution in [0.3, 0.4) is 0 Å². The number of hydrogen-bond acceptors (Lipinski definition) is 7. The molecular weight excluding hydrogens is 624 g/mol. The second-order valence-electron chi connectivity index (χ2n) is 14.4. The minimum absolute atomic E-state index is 0.135. The minimum atomic E-state index is -1.41. The van der Waals surface area contributed by atoms with Crippen LogP contribution >= 0.6 is 0 Å². The number of benzene rings is 2. The number of aryl methyl sites for hydroxylation is 1. The van der Waals surface area contributed by atoms with E-state index in [9.17, 15) is 24.0 Å². The molecule has 0 aliphatic rings. The first-order valence-corrected chi connectivity index (χ1v) is 17.1. The highest BCUT2D eigenvalue weighted by atomic mass is 16.6. The Morgan fingerprint density at radius 2 is 1.37 bits per heavy atom. The predicted octanol–water partition coefficient (Wildman–Crippen LogP) is 5.67. The van der Waals surface area contributed by atoms with Crippen molar-refractivity contribution in [3.63, 3.8) is 0 Å². The number of alkyl carbamates (subject to hydrolysis) is 1. The number of rotatable bonds is 17. The summed E-state index contributed by atoms with van der Waals surface area (Å²) in [5.74, 6) is -2.73. The third kappa shape index (κ3) is 14.7. The molecule has 4 amide bonds. The summed E-state index contributed by atoms with van der Waals surface area (Å²) in [6, 6.07) is 12.7. The van der Waals surface area contributed by atoms with Gasteiger partial charge in [-0.25, -0.2) is 9.59 Å². The van der Waals surface area contributed by atoms with E-state index in [0.717, 1.165) is 36.8 Å². The highest BCUT2D eigenvalue weighted by Crippen LogP contribution is 2.27. The fourth-order valence-corrected chi connectivity index (χ4v) is 5.31. The van der Waals surface area contributed by atoms with Crippen LogP contribution in [0, 0.1) is 6.92 Å². The first kappa shape index (κ1) is 40.8. The Kier molecular flexibility index (Phi) is 15.8. The van der Waals surface area contributed by atoms with E-state index < -0.39 is 65.5 Å². The van der Waals surface area contributed by atoms with Crippen LogP contribution in [-0.2, 0) is 35.1 Å². The van der Waals surface area contributed by atoms with E-state index in [1.54, 1.807) is 53.7 Å². The van der Waals surface area contributed by atoms with Crippen molar-refractivity contribution < 1.29 is 33.4 Å². The van der Waals surface area contributed by atoms with E-state index in [4.69, 9.17) is 15.2 Å². The summed E-state index contributed by atoms with van der Waals surface area (Å²) in [6.45, 7) is 14.3. The van der Waals surface area contributed by atoms with E-state index >= 15 is 0 Å². The third-order valence-electron chi connectivity index (χ3n) is 7.51. The zero-order valence-electron chi connectivity index (χ0n) is 30.5. The van der Waals surface area contributed by atoms with Gasteiger partial charge in [-0.3, -0.25) is 14.4 Å². The third-order valence-corrected chi connectivity index (χ3v) is 7.51. The predicted molar refractivity (Wildman–Crippen MR) is 189 cm³/mol. The molecule has 4 N–H and O–H groups in total. The quantitative estimate of drug-likeness (QED) is 0.143. The van der Waals surface area contributed by atoms with Gasteiger partial charge in [0.1, 0.15) is 29.3 Å². The molecule has 0 radical (unpaired) electrons. The van der Waals surface area contributed by atoms with Gasteiger partial charge >= 0.3 is 12.1 Å². The molecule has 0 aromatic heterocycles. The summed E-state index contributed by atoms with van der Waals surface area (Å²) >= 11 is 0. The van der Waals surface area contributed by atoms with Crippen molar-refractivity contribution in [3.8, 4) is 0 Å². The van der Waals surface area contributed by atoms with E-state index in [2.05, 4.69) is 17.6 Å². The molecule has 0 saturated heterocycles. The monoisotopic (exact) mass is 680 g/mol. The normalized spacial score (nSPS) is 13.4. The van der Waals surface area contributed by atoms with Crippen LogP contribution in [0.15, 0.2) is 54.6 Å². The zero-order chi connectivity index (χ0) is 36.8. The molecule has 0 aliphatic carbocycles. The van der Waals surface area contributed by atoms with Crippen LogP contribution in [0.4, 0.5) is 4.79 Å². The van der Waals surface area contributed by atoms with Crippen molar-refractivity contribution in [1.82, 2.24) is 15.5 Å². The Hall–Kier alpha value is -4.41. The number of amides is 4. The second kappa shape index (κ2) is 19.0. The van der Waals surface area contributed by atoms with Crippen LogP contribution < -0.4 is 16.4 Å². The van der Waals surface area contributed by atoms with Gasteiger partial charge in [0, 0.05) is 13.0 Å². The molecule has 11 nitrogen and oxygen atoms in total. The maximum Gasteiger partial charge on any atom is 0.408 e. The maximum absolute atomic E-state index is 14.6. The van der Waals surface area contributed by atoms with E-state index in [-0.39, 0.29) is 13.0 Å². The van der Waals surface area contributed by atoms with Gasteiger partial charge in [-0.2, -0.15) is 0 Å². The smallest absolute Gasteiger partial charge is 0.408 e. The number of carbonyl (C=O) groups is 5. The summed E-state index contributed by atoms with van der Waals surface area (Å²) in [4.78, 5) is 69.1. The van der Waals surface area contributed by atoms with E-state index in [1.165, 1.54) is 4.90 Å². The number of unbranched alkanes of at least 4 members (excludes halogenated alkanes) is 4. The molecule has 11 heteroatoms. The molecule has 0 aliphatic heterocycles. The van der Waals surface area contributed by atoms with Crippen molar-refractivity contribution in [3.05, 3.63) is 71.3 Å². The molecule has 0 spiro atoms. The van der Waals surface area contributed by atoms with Crippen LogP contribution in [0.1, 0.15) is 110 Å². The fourth-order valence-electron chi connectivity index (χ4n) is 5.31. The molecule has 0 saturated carbocycles. The van der Waals surface area contributed by atoms with Gasteiger partial charge in [0.15, 0.2) is 0 Å². The molecule has 3 unspecified atom stereocenters. The molecule has 0 heterocycles. The Labute approximate surface area is 291 Å². The molecule has 270 valence electrons. The summed E-state index contributed by atoms with van der Waals surface area (Å²) in [5, 5.41) is 5.41. The van der Waals surface area contributed by atoms with E-state index in [0.29, 0.717) is 12.0 Å². The van der Waals surface area contributed by atoms with Gasteiger partial charge in [-0.15, -0.1) is 0 Å². The van der Waals surface area contributed by atoms with Crippen molar-refractivity contribution in [2.24, 2.45) is 5.73 Å². The maximum atomic E-state index is 14.6. The van der Waals surface area contributed by atoms with Gasteiger partial charge in [-0.1, -0.05) is 87.2 Å². The van der Waals surface area contributed by atoms with Crippen molar-refractivity contribution in [1.29, 1.82) is 0 Å². The van der Waals surface area contributed by atoms with Crippen molar-refractivity contribution in [2.45, 2.75) is 130 Å². The van der Waals surface area contributed by atoms with E-state index in [1.807, 2.05) is 49.4 Å². The van der Waals surface area contributed by atoms with Crippen LogP contribution in [0.25, 0.3) is 0 Å². The number of carbonyl (C=O) groups excluding carboxylic acids is 5. The zero-order valence-corrected chi connectivity index (χ0v) is 30.5. The first-order valence-electron chi connectivity index (χ1n) is 17.1. The Morgan fingerprint density at radius 3 is 1.94 bits per heavy atom. The minimum Gasteiger partial charge on any atom is -0.458 e. The lowest BCUT2D eigenvalue weighted by atomic mass is 9.96. The number of ether oxygens (including phenoxy) is 2. The van der Waals surface area contributed by atoms with Gasteiger partial charge in [-0.05, 0) is 71.6 Å². The molecule has 49 heavy (non-hydrogen) atoms.